The molecule has 0 unspecified atom stereocenters. The zero-order valence-electron chi connectivity index (χ0n) is 15.8. The van der Waals surface area contributed by atoms with E-state index < -0.39 is 0 Å². The van der Waals surface area contributed by atoms with Crippen LogP contribution in [0, 0.1) is 0 Å². The number of hydrogen-bond acceptors (Lipinski definition) is 8. The predicted octanol–water partition coefficient (Wildman–Crippen LogP) is 6.49. The summed E-state index contributed by atoms with van der Waals surface area (Å²) in [5.74, 6) is 1.72. The number of benzene rings is 2. The number of Topliss-reactive ketones (excluding diaryl/α,β-unsaturated/α-hetero) is 1. The van der Waals surface area contributed by atoms with E-state index in [1.807, 2.05) is 0 Å². The van der Waals surface area contributed by atoms with E-state index in [1.165, 1.54) is 26.4 Å². The van der Waals surface area contributed by atoms with Gasteiger partial charge in [0.15, 0.2) is 35.3 Å². The first-order chi connectivity index (χ1) is 14.5. The van der Waals surface area contributed by atoms with Gasteiger partial charge < -0.3 is 19.1 Å². The van der Waals surface area contributed by atoms with Gasteiger partial charge in [0.2, 0.25) is 0 Å². The average Bonchev–Trinajstić information content (AvgIpc) is 2.73. The molecule has 0 amide bonds. The van der Waals surface area contributed by atoms with Gasteiger partial charge in [-0.1, -0.05) is 15.9 Å². The molecule has 156 valence electrons. The fraction of sp³-hybridized carbons (Fsp3) is 0.100. The van der Waals surface area contributed by atoms with Crippen LogP contribution in [0.3, 0.4) is 0 Å². The number of carbonyl (C=O) groups is 1. The first kappa shape index (κ1) is 22.2. The molecule has 0 radical (unpaired) electrons. The first-order valence-electron chi connectivity index (χ1n) is 8.49. The van der Waals surface area contributed by atoms with Crippen LogP contribution >= 0.6 is 39.8 Å². The molecule has 0 aliphatic heterocycles. The predicted molar refractivity (Wildman–Crippen MR) is 119 cm³/mol. The van der Waals surface area contributed by atoms with Crippen molar-refractivity contribution in [1.29, 1.82) is 0 Å². The number of aromatic nitrogens is 1. The van der Waals surface area contributed by atoms with E-state index in [2.05, 4.69) is 25.6 Å². The van der Waals surface area contributed by atoms with Crippen molar-refractivity contribution in [2.24, 2.45) is 0 Å². The van der Waals surface area contributed by atoms with Crippen molar-refractivity contribution in [3.05, 3.63) is 69.9 Å². The fourth-order valence-electron chi connectivity index (χ4n) is 2.29. The monoisotopic (exact) mass is 510 g/mol. The van der Waals surface area contributed by atoms with Crippen molar-refractivity contribution in [2.75, 3.05) is 11.8 Å². The van der Waals surface area contributed by atoms with Gasteiger partial charge in [-0.05, 0) is 47.1 Å². The smallest absolute Gasteiger partial charge is 0.184 e. The second-order valence-corrected chi connectivity index (χ2v) is 7.64. The summed E-state index contributed by atoms with van der Waals surface area (Å²) in [5.41, 5.74) is 1.39. The van der Waals surface area contributed by atoms with E-state index in [9.17, 15) is 4.79 Å². The Kier molecular flexibility index (Phi) is 7.81. The topological polar surface area (TPSA) is 78.9 Å². The third-order valence-electron chi connectivity index (χ3n) is 3.73. The first-order valence-corrected chi connectivity index (χ1v) is 10.4. The molecule has 7 nitrogen and oxygen atoms in total. The van der Waals surface area contributed by atoms with Crippen LogP contribution in [0.2, 0.25) is 5.02 Å². The molecular formula is C20H16BrClN2O5S. The molecule has 0 bridgehead atoms. The van der Waals surface area contributed by atoms with Crippen LogP contribution in [0.25, 0.3) is 0 Å². The Bertz CT molecular complexity index is 1040. The van der Waals surface area contributed by atoms with Gasteiger partial charge in [-0.2, -0.15) is 0 Å². The number of anilines is 1. The average molecular weight is 512 g/mol. The third kappa shape index (κ3) is 6.02. The number of nitrogens with zero attached hydrogens (tertiary/aromatic N) is 1. The van der Waals surface area contributed by atoms with Crippen LogP contribution < -0.4 is 19.1 Å². The summed E-state index contributed by atoms with van der Waals surface area (Å²) in [6.07, 6.45) is 3.05. The number of ether oxygens (including phenoxy) is 2. The van der Waals surface area contributed by atoms with Gasteiger partial charge in [-0.15, -0.1) is 0 Å². The van der Waals surface area contributed by atoms with E-state index in [-0.39, 0.29) is 5.78 Å². The van der Waals surface area contributed by atoms with E-state index in [0.29, 0.717) is 38.1 Å². The summed E-state index contributed by atoms with van der Waals surface area (Å²) in [6.45, 7) is 1.52. The highest BCUT2D eigenvalue weighted by molar-refractivity contribution is 9.10. The number of pyridine rings is 1. The van der Waals surface area contributed by atoms with Crippen LogP contribution in [-0.4, -0.2) is 17.9 Å². The van der Waals surface area contributed by atoms with E-state index in [0.717, 1.165) is 17.9 Å². The summed E-state index contributed by atoms with van der Waals surface area (Å²) in [5, 5.41) is 0.458. The number of ketones is 1. The van der Waals surface area contributed by atoms with Crippen molar-refractivity contribution in [3.8, 4) is 23.0 Å². The summed E-state index contributed by atoms with van der Waals surface area (Å²) >= 11 is 10.2. The second-order valence-electron chi connectivity index (χ2n) is 5.84. The lowest BCUT2D eigenvalue weighted by Gasteiger charge is -2.13. The van der Waals surface area contributed by atoms with E-state index in [1.54, 1.807) is 42.5 Å². The number of halogens is 2. The lowest BCUT2D eigenvalue weighted by atomic mass is 10.1. The highest BCUT2D eigenvalue weighted by atomic mass is 79.9. The van der Waals surface area contributed by atoms with Gasteiger partial charge in [-0.3, -0.25) is 9.78 Å². The van der Waals surface area contributed by atoms with Gasteiger partial charge >= 0.3 is 0 Å². The van der Waals surface area contributed by atoms with Crippen molar-refractivity contribution < 1.29 is 23.5 Å². The second kappa shape index (κ2) is 10.5. The highest BCUT2D eigenvalue weighted by Gasteiger charge is 2.14. The molecule has 0 saturated carbocycles. The molecule has 3 rings (SSSR count). The van der Waals surface area contributed by atoms with Crippen LogP contribution in [0.4, 0.5) is 5.69 Å². The minimum atomic E-state index is 0.00614. The summed E-state index contributed by atoms with van der Waals surface area (Å²) < 4.78 is 19.8. The molecule has 3 aromatic rings. The SMILES string of the molecule is COc1cc(OOSNc2ccc(C(C)=O)cc2)c(Br)cc1Oc1cncc(Cl)c1. The van der Waals surface area contributed by atoms with Gasteiger partial charge in [0, 0.05) is 35.6 Å². The van der Waals surface area contributed by atoms with Crippen LogP contribution in [0.5, 0.6) is 23.0 Å². The third-order valence-corrected chi connectivity index (χ3v) is 5.02. The largest absolute Gasteiger partial charge is 0.493 e. The summed E-state index contributed by atoms with van der Waals surface area (Å²) in [7, 11) is 1.51. The molecule has 10 heteroatoms. The molecule has 0 atom stereocenters. The molecule has 0 fully saturated rings. The number of carbonyl (C=O) groups excluding carboxylic acids is 1. The number of nitrogens with one attached hydrogen (secondary N) is 1. The zero-order chi connectivity index (χ0) is 21.5. The Balaban J connectivity index is 1.60. The maximum absolute atomic E-state index is 11.3. The summed E-state index contributed by atoms with van der Waals surface area (Å²) in [6, 6.07) is 11.9. The Morgan fingerprint density at radius 3 is 2.53 bits per heavy atom. The molecular weight excluding hydrogens is 496 g/mol. The fourth-order valence-corrected chi connectivity index (χ4v) is 3.21. The molecule has 30 heavy (non-hydrogen) atoms. The molecule has 0 aliphatic carbocycles. The highest BCUT2D eigenvalue weighted by Crippen LogP contribution is 2.40. The van der Waals surface area contributed by atoms with Gasteiger partial charge in [0.1, 0.15) is 5.75 Å². The van der Waals surface area contributed by atoms with E-state index >= 15 is 0 Å². The van der Waals surface area contributed by atoms with Gasteiger partial charge in [0.05, 0.1) is 22.8 Å². The Hall–Kier alpha value is -2.46. The molecule has 0 aliphatic rings. The van der Waals surface area contributed by atoms with E-state index in [4.69, 9.17) is 30.3 Å². The van der Waals surface area contributed by atoms with Crippen molar-refractivity contribution in [1.82, 2.24) is 4.98 Å². The minimum Gasteiger partial charge on any atom is -0.493 e. The number of methoxy groups -OCH3 is 1. The van der Waals surface area contributed by atoms with Crippen LogP contribution in [0.15, 0.2) is 59.3 Å². The lowest BCUT2D eigenvalue weighted by molar-refractivity contribution is -0.0780. The Labute approximate surface area is 191 Å². The molecule has 1 aromatic heterocycles. The molecule has 0 saturated heterocycles. The minimum absolute atomic E-state index is 0.00614. The molecule has 0 spiro atoms. The standard InChI is InChI=1S/C20H16BrClN2O5S/c1-12(25)13-3-5-15(6-4-13)24-30-29-28-18-9-19(26-2)20(8-17(18)21)27-16-7-14(22)10-23-11-16/h3-11,24H,1-2H3. The maximum Gasteiger partial charge on any atom is 0.184 e. The number of hydrogen-bond donors (Lipinski definition) is 1. The van der Waals surface area contributed by atoms with Crippen molar-refractivity contribution in [3.63, 3.8) is 0 Å². The lowest BCUT2D eigenvalue weighted by Crippen LogP contribution is -1.98. The van der Waals surface area contributed by atoms with Crippen molar-refractivity contribution >= 4 is 51.2 Å². The maximum atomic E-state index is 11.3. The zero-order valence-corrected chi connectivity index (χ0v) is 19.0. The van der Waals surface area contributed by atoms with Gasteiger partial charge in [0.25, 0.3) is 0 Å². The van der Waals surface area contributed by atoms with Gasteiger partial charge in [-0.25, -0.2) is 0 Å². The normalized spacial score (nSPS) is 10.4. The molecule has 1 N–H and O–H groups in total. The molecule has 1 heterocycles. The quantitative estimate of drug-likeness (QED) is 0.0872. The Morgan fingerprint density at radius 1 is 1.10 bits per heavy atom. The van der Waals surface area contributed by atoms with Crippen LogP contribution in [0.1, 0.15) is 17.3 Å². The Morgan fingerprint density at radius 2 is 1.87 bits per heavy atom. The molecule has 2 aromatic carbocycles. The number of rotatable bonds is 9. The van der Waals surface area contributed by atoms with Crippen molar-refractivity contribution in [2.45, 2.75) is 6.92 Å². The van der Waals surface area contributed by atoms with Crippen LogP contribution in [-0.2, 0) is 4.33 Å². The summed E-state index contributed by atoms with van der Waals surface area (Å²) in [4.78, 5) is 20.6.